The molecule has 3 N–H and O–H groups in total. The lowest BCUT2D eigenvalue weighted by atomic mass is 10.0. The number of unbranched alkanes of at least 4 members (excludes halogenated alkanes) is 6. The summed E-state index contributed by atoms with van der Waals surface area (Å²) in [5.74, 6) is 0.846. The highest BCUT2D eigenvalue weighted by atomic mass is 16.5. The van der Waals surface area contributed by atoms with E-state index >= 15 is 0 Å². The van der Waals surface area contributed by atoms with Crippen LogP contribution < -0.4 is 10.9 Å². The molecule has 24 heavy (non-hydrogen) atoms. The van der Waals surface area contributed by atoms with Crippen LogP contribution in [0.2, 0.25) is 0 Å². The maximum absolute atomic E-state index is 8.53. The molecule has 0 radical (unpaired) electrons. The standard InChI is InChI=1S/C18H38N2O4/c21-9-11-23-13-15-24-14-12-22-10-7-5-3-1-2-4-6-8-18-16-19-20-17-18/h18-21H,1-17H2. The second-order valence-corrected chi connectivity index (χ2v) is 6.45. The Morgan fingerprint density at radius 1 is 0.625 bits per heavy atom. The van der Waals surface area contributed by atoms with Crippen LogP contribution in [0.25, 0.3) is 0 Å². The van der Waals surface area contributed by atoms with Crippen LogP contribution in [-0.4, -0.2) is 64.4 Å². The Hall–Kier alpha value is -0.240. The molecule has 0 aromatic rings. The van der Waals surface area contributed by atoms with E-state index in [4.69, 9.17) is 19.3 Å². The number of hydrazine groups is 1. The van der Waals surface area contributed by atoms with Crippen LogP contribution >= 0.6 is 0 Å². The molecule has 0 aromatic heterocycles. The van der Waals surface area contributed by atoms with Crippen molar-refractivity contribution in [2.75, 3.05) is 59.3 Å². The van der Waals surface area contributed by atoms with Gasteiger partial charge in [0.1, 0.15) is 0 Å². The summed E-state index contributed by atoms with van der Waals surface area (Å²) in [5, 5.41) is 8.53. The highest BCUT2D eigenvalue weighted by Crippen LogP contribution is 2.13. The van der Waals surface area contributed by atoms with Crippen molar-refractivity contribution in [3.63, 3.8) is 0 Å². The van der Waals surface area contributed by atoms with E-state index in [9.17, 15) is 0 Å². The van der Waals surface area contributed by atoms with Crippen molar-refractivity contribution in [2.45, 2.75) is 51.4 Å². The van der Waals surface area contributed by atoms with Crippen LogP contribution in [0.1, 0.15) is 51.4 Å². The van der Waals surface area contributed by atoms with E-state index in [1.165, 1.54) is 44.9 Å². The van der Waals surface area contributed by atoms with Crippen LogP contribution in [0.5, 0.6) is 0 Å². The number of hydrogen-bond acceptors (Lipinski definition) is 6. The molecule has 1 aliphatic heterocycles. The van der Waals surface area contributed by atoms with E-state index in [1.807, 2.05) is 0 Å². The van der Waals surface area contributed by atoms with Crippen LogP contribution in [0, 0.1) is 5.92 Å². The van der Waals surface area contributed by atoms with Gasteiger partial charge in [-0.05, 0) is 18.8 Å². The van der Waals surface area contributed by atoms with Crippen molar-refractivity contribution in [1.82, 2.24) is 10.9 Å². The number of hydrogen-bond donors (Lipinski definition) is 3. The molecule has 0 unspecified atom stereocenters. The van der Waals surface area contributed by atoms with Crippen molar-refractivity contribution >= 4 is 0 Å². The molecule has 0 aromatic carbocycles. The van der Waals surface area contributed by atoms with E-state index in [1.54, 1.807) is 0 Å². The third-order valence-corrected chi connectivity index (χ3v) is 4.29. The Labute approximate surface area is 147 Å². The molecular formula is C18H38N2O4. The minimum atomic E-state index is 0.0685. The smallest absolute Gasteiger partial charge is 0.0701 e. The molecule has 6 nitrogen and oxygen atoms in total. The molecule has 0 spiro atoms. The topological polar surface area (TPSA) is 72.0 Å². The van der Waals surface area contributed by atoms with E-state index in [-0.39, 0.29) is 6.61 Å². The molecular weight excluding hydrogens is 308 g/mol. The van der Waals surface area contributed by atoms with Crippen LogP contribution in [0.15, 0.2) is 0 Å². The van der Waals surface area contributed by atoms with Crippen molar-refractivity contribution in [1.29, 1.82) is 0 Å². The first-order valence-corrected chi connectivity index (χ1v) is 9.73. The summed E-state index contributed by atoms with van der Waals surface area (Å²) in [4.78, 5) is 0. The number of nitrogens with one attached hydrogen (secondary N) is 2. The zero-order chi connectivity index (χ0) is 17.1. The minimum absolute atomic E-state index is 0.0685. The molecule has 0 amide bonds. The van der Waals surface area contributed by atoms with Gasteiger partial charge >= 0.3 is 0 Å². The summed E-state index contributed by atoms with van der Waals surface area (Å²) < 4.78 is 16.0. The molecule has 1 fully saturated rings. The van der Waals surface area contributed by atoms with Gasteiger partial charge in [-0.3, -0.25) is 10.9 Å². The SMILES string of the molecule is OCCOCCOCCOCCCCCCCCCC1CNNC1. The van der Waals surface area contributed by atoms with Crippen molar-refractivity contribution in [3.05, 3.63) is 0 Å². The molecule has 6 heteroatoms. The predicted molar refractivity (Wildman–Crippen MR) is 96.0 cm³/mol. The molecule has 0 atom stereocenters. The normalized spacial score (nSPS) is 15.4. The van der Waals surface area contributed by atoms with Gasteiger partial charge in [0, 0.05) is 19.7 Å². The summed E-state index contributed by atoms with van der Waals surface area (Å²) in [5.41, 5.74) is 6.39. The van der Waals surface area contributed by atoms with Gasteiger partial charge in [-0.2, -0.15) is 0 Å². The van der Waals surface area contributed by atoms with Crippen LogP contribution in [0.3, 0.4) is 0 Å². The summed E-state index contributed by atoms with van der Waals surface area (Å²) in [6.45, 7) is 5.96. The number of ether oxygens (including phenoxy) is 3. The summed E-state index contributed by atoms with van der Waals surface area (Å²) in [6.07, 6.45) is 10.6. The Morgan fingerprint density at radius 3 is 1.75 bits per heavy atom. The first kappa shape index (κ1) is 21.8. The number of aliphatic hydroxyl groups is 1. The van der Waals surface area contributed by atoms with Crippen molar-refractivity contribution in [2.24, 2.45) is 5.92 Å². The van der Waals surface area contributed by atoms with Gasteiger partial charge in [0.25, 0.3) is 0 Å². The Bertz CT molecular complexity index is 251. The van der Waals surface area contributed by atoms with Gasteiger partial charge in [0.2, 0.25) is 0 Å². The fourth-order valence-electron chi connectivity index (χ4n) is 2.84. The van der Waals surface area contributed by atoms with Gasteiger partial charge in [-0.25, -0.2) is 0 Å². The summed E-state index contributed by atoms with van der Waals surface area (Å²) >= 11 is 0. The van der Waals surface area contributed by atoms with Gasteiger partial charge in [-0.15, -0.1) is 0 Å². The molecule has 1 saturated heterocycles. The largest absolute Gasteiger partial charge is 0.394 e. The van der Waals surface area contributed by atoms with Gasteiger partial charge in [-0.1, -0.05) is 38.5 Å². The lowest BCUT2D eigenvalue weighted by molar-refractivity contribution is 0.00719. The molecule has 144 valence electrons. The van der Waals surface area contributed by atoms with E-state index < -0.39 is 0 Å². The lowest BCUT2D eigenvalue weighted by Gasteiger charge is -2.07. The molecule has 1 rings (SSSR count). The second-order valence-electron chi connectivity index (χ2n) is 6.45. The Kier molecular flexibility index (Phi) is 16.0. The first-order chi connectivity index (χ1) is 11.9. The average molecular weight is 347 g/mol. The molecule has 1 aliphatic rings. The third kappa shape index (κ3) is 14.1. The highest BCUT2D eigenvalue weighted by Gasteiger charge is 2.12. The summed E-state index contributed by atoms with van der Waals surface area (Å²) in [7, 11) is 0. The second kappa shape index (κ2) is 17.6. The molecule has 0 saturated carbocycles. The van der Waals surface area contributed by atoms with Gasteiger partial charge in [0.15, 0.2) is 0 Å². The summed E-state index contributed by atoms with van der Waals surface area (Å²) in [6, 6.07) is 0. The van der Waals surface area contributed by atoms with E-state index in [2.05, 4.69) is 10.9 Å². The van der Waals surface area contributed by atoms with E-state index in [0.29, 0.717) is 33.0 Å². The zero-order valence-corrected chi connectivity index (χ0v) is 15.3. The molecule has 1 heterocycles. The lowest BCUT2D eigenvalue weighted by Crippen LogP contribution is -2.21. The van der Waals surface area contributed by atoms with Gasteiger partial charge < -0.3 is 19.3 Å². The monoisotopic (exact) mass is 346 g/mol. The van der Waals surface area contributed by atoms with Gasteiger partial charge in [0.05, 0.1) is 39.6 Å². The number of rotatable bonds is 18. The average Bonchev–Trinajstić information content (AvgIpc) is 3.11. The fraction of sp³-hybridized carbons (Fsp3) is 1.00. The third-order valence-electron chi connectivity index (χ3n) is 4.29. The zero-order valence-electron chi connectivity index (χ0n) is 15.3. The fourth-order valence-corrected chi connectivity index (χ4v) is 2.84. The first-order valence-electron chi connectivity index (χ1n) is 9.73. The maximum Gasteiger partial charge on any atom is 0.0701 e. The molecule has 0 bridgehead atoms. The number of aliphatic hydroxyl groups excluding tert-OH is 1. The van der Waals surface area contributed by atoms with Crippen molar-refractivity contribution < 1.29 is 19.3 Å². The Balaban J connectivity index is 1.63. The van der Waals surface area contributed by atoms with Crippen LogP contribution in [-0.2, 0) is 14.2 Å². The maximum atomic E-state index is 8.53. The van der Waals surface area contributed by atoms with E-state index in [0.717, 1.165) is 32.0 Å². The highest BCUT2D eigenvalue weighted by molar-refractivity contribution is 4.68. The van der Waals surface area contributed by atoms with Crippen LogP contribution in [0.4, 0.5) is 0 Å². The minimum Gasteiger partial charge on any atom is -0.394 e. The predicted octanol–water partition coefficient (Wildman–Crippen LogP) is 1.87. The quantitative estimate of drug-likeness (QED) is 0.329. The molecule has 0 aliphatic carbocycles. The Morgan fingerprint density at radius 2 is 1.12 bits per heavy atom. The van der Waals surface area contributed by atoms with Crippen molar-refractivity contribution in [3.8, 4) is 0 Å².